The van der Waals surface area contributed by atoms with Crippen LogP contribution in [0.4, 0.5) is 11.5 Å². The Hall–Kier alpha value is -2.53. The van der Waals surface area contributed by atoms with Gasteiger partial charge in [0.1, 0.15) is 5.82 Å². The first kappa shape index (κ1) is 19.4. The third kappa shape index (κ3) is 3.45. The Morgan fingerprint density at radius 3 is 2.63 bits per heavy atom. The zero-order chi connectivity index (χ0) is 20.7. The minimum absolute atomic E-state index is 1.06. The Morgan fingerprint density at radius 2 is 1.87 bits per heavy atom. The molecule has 2 aliphatic heterocycles. The lowest BCUT2D eigenvalue weighted by molar-refractivity contribution is 0.260. The van der Waals surface area contributed by atoms with Crippen LogP contribution >= 0.6 is 0 Å². The van der Waals surface area contributed by atoms with Crippen molar-refractivity contribution < 1.29 is 0 Å². The molecule has 1 N–H and O–H groups in total. The van der Waals surface area contributed by atoms with Gasteiger partial charge in [-0.25, -0.2) is 4.98 Å². The van der Waals surface area contributed by atoms with Gasteiger partial charge in [-0.05, 0) is 74.1 Å². The zero-order valence-corrected chi connectivity index (χ0v) is 18.5. The fraction of sp³-hybridized carbons (Fsp3) is 0.480. The molecule has 0 saturated carbocycles. The molecule has 2 aliphatic rings. The molecule has 158 valence electrons. The van der Waals surface area contributed by atoms with Gasteiger partial charge in [-0.15, -0.1) is 0 Å². The highest BCUT2D eigenvalue weighted by atomic mass is 15.3. The van der Waals surface area contributed by atoms with Crippen molar-refractivity contribution >= 4 is 22.4 Å². The third-order valence-electron chi connectivity index (χ3n) is 7.02. The van der Waals surface area contributed by atoms with E-state index < -0.39 is 0 Å². The number of hydrogen-bond donors (Lipinski definition) is 1. The number of anilines is 2. The van der Waals surface area contributed by atoms with Gasteiger partial charge in [0.15, 0.2) is 0 Å². The smallest absolute Gasteiger partial charge is 0.128 e. The maximum atomic E-state index is 4.57. The van der Waals surface area contributed by atoms with Crippen LogP contribution in [0.3, 0.4) is 0 Å². The molecule has 1 fully saturated rings. The van der Waals surface area contributed by atoms with Crippen LogP contribution in [-0.2, 0) is 19.4 Å². The summed E-state index contributed by atoms with van der Waals surface area (Å²) in [7, 11) is 2.03. The summed E-state index contributed by atoms with van der Waals surface area (Å²) in [4.78, 5) is 9.62. The first-order valence-electron chi connectivity index (χ1n) is 11.4. The van der Waals surface area contributed by atoms with Crippen molar-refractivity contribution in [3.8, 4) is 0 Å². The summed E-state index contributed by atoms with van der Waals surface area (Å²) in [6, 6.07) is 8.98. The van der Waals surface area contributed by atoms with Crippen molar-refractivity contribution in [1.29, 1.82) is 0 Å². The number of rotatable bonds is 5. The summed E-state index contributed by atoms with van der Waals surface area (Å²) in [6.45, 7) is 11.1. The van der Waals surface area contributed by atoms with E-state index >= 15 is 0 Å². The third-order valence-corrected chi connectivity index (χ3v) is 7.02. The zero-order valence-electron chi connectivity index (χ0n) is 18.5. The lowest BCUT2D eigenvalue weighted by Gasteiger charge is -2.35. The molecule has 0 aliphatic carbocycles. The normalized spacial score (nSPS) is 17.0. The fourth-order valence-corrected chi connectivity index (χ4v) is 5.29. The molecular formula is C25H33N5. The van der Waals surface area contributed by atoms with Crippen LogP contribution in [0.25, 0.3) is 10.9 Å². The minimum Gasteiger partial charge on any atom is -0.388 e. The van der Waals surface area contributed by atoms with E-state index in [2.05, 4.69) is 62.8 Å². The molecule has 0 unspecified atom stereocenters. The largest absolute Gasteiger partial charge is 0.388 e. The van der Waals surface area contributed by atoms with Crippen LogP contribution < -0.4 is 10.2 Å². The molecule has 0 bridgehead atoms. The standard InChI is InChI=1S/C25H33N5/c1-18-6-8-27-24(15-18)29-13-11-28(12-14-29)10-7-22-19(2)30-9-4-5-20-16-21(26-3)17-23(22)25(20)30/h6,8,15-17,26H,4-5,7,9-14H2,1-3H3. The van der Waals surface area contributed by atoms with Crippen LogP contribution in [0.2, 0.25) is 0 Å². The van der Waals surface area contributed by atoms with E-state index in [0.717, 1.165) is 51.5 Å². The SMILES string of the molecule is CNc1cc2c3c(c1)c(CCN1CCN(c4cc(C)ccn4)CC1)c(C)n3CCC2. The first-order valence-corrected chi connectivity index (χ1v) is 11.4. The Morgan fingerprint density at radius 1 is 1.03 bits per heavy atom. The number of benzene rings is 1. The van der Waals surface area contributed by atoms with E-state index in [0.29, 0.717) is 0 Å². The summed E-state index contributed by atoms with van der Waals surface area (Å²) in [5, 5.41) is 4.84. The highest BCUT2D eigenvalue weighted by Gasteiger charge is 2.22. The predicted molar refractivity (Wildman–Crippen MR) is 126 cm³/mol. The Labute approximate surface area is 179 Å². The maximum Gasteiger partial charge on any atom is 0.128 e. The summed E-state index contributed by atoms with van der Waals surface area (Å²) in [6.07, 6.45) is 5.50. The molecule has 0 radical (unpaired) electrons. The van der Waals surface area contributed by atoms with Gasteiger partial charge in [0.2, 0.25) is 0 Å². The topological polar surface area (TPSA) is 36.3 Å². The van der Waals surface area contributed by atoms with E-state index in [9.17, 15) is 0 Å². The Kier molecular flexibility index (Phi) is 5.15. The van der Waals surface area contributed by atoms with Gasteiger partial charge in [0.05, 0.1) is 5.52 Å². The van der Waals surface area contributed by atoms with Crippen molar-refractivity contribution in [2.45, 2.75) is 39.7 Å². The van der Waals surface area contributed by atoms with Gasteiger partial charge >= 0.3 is 0 Å². The Balaban J connectivity index is 1.31. The number of hydrogen-bond acceptors (Lipinski definition) is 4. The van der Waals surface area contributed by atoms with E-state index in [4.69, 9.17) is 0 Å². The average Bonchev–Trinajstić information content (AvgIpc) is 3.05. The molecule has 0 atom stereocenters. The Bertz CT molecular complexity index is 1060. The summed E-state index contributed by atoms with van der Waals surface area (Å²) in [5.74, 6) is 1.12. The van der Waals surface area contributed by atoms with Gasteiger partial charge in [-0.1, -0.05) is 0 Å². The van der Waals surface area contributed by atoms with Crippen LogP contribution in [0.1, 0.15) is 28.8 Å². The number of piperazine rings is 1. The quantitative estimate of drug-likeness (QED) is 0.698. The van der Waals surface area contributed by atoms with Crippen molar-refractivity contribution in [2.75, 3.05) is 50.0 Å². The van der Waals surface area contributed by atoms with Crippen molar-refractivity contribution in [3.05, 3.63) is 52.8 Å². The van der Waals surface area contributed by atoms with Gasteiger partial charge in [0.25, 0.3) is 0 Å². The molecule has 3 aromatic rings. The average molecular weight is 404 g/mol. The van der Waals surface area contributed by atoms with Crippen molar-refractivity contribution in [2.24, 2.45) is 0 Å². The lowest BCUT2D eigenvalue weighted by atomic mass is 10.00. The highest BCUT2D eigenvalue weighted by Crippen LogP contribution is 2.35. The molecule has 30 heavy (non-hydrogen) atoms. The van der Waals surface area contributed by atoms with Crippen molar-refractivity contribution in [3.63, 3.8) is 0 Å². The molecule has 5 nitrogen and oxygen atoms in total. The molecule has 1 saturated heterocycles. The summed E-state index contributed by atoms with van der Waals surface area (Å²) < 4.78 is 2.57. The van der Waals surface area contributed by atoms with Crippen LogP contribution in [0, 0.1) is 13.8 Å². The van der Waals surface area contributed by atoms with Crippen LogP contribution in [-0.4, -0.2) is 54.2 Å². The first-order chi connectivity index (χ1) is 14.6. The maximum absolute atomic E-state index is 4.57. The van der Waals surface area contributed by atoms with Gasteiger partial charge in [0, 0.05) is 69.3 Å². The number of pyridine rings is 1. The predicted octanol–water partition coefficient (Wildman–Crippen LogP) is 4.01. The molecule has 2 aromatic heterocycles. The van der Waals surface area contributed by atoms with Crippen LogP contribution in [0.15, 0.2) is 30.5 Å². The second-order valence-corrected chi connectivity index (χ2v) is 8.87. The number of aryl methyl sites for hydroxylation is 3. The van der Waals surface area contributed by atoms with Gasteiger partial charge < -0.3 is 14.8 Å². The molecule has 5 rings (SSSR count). The number of nitrogens with zero attached hydrogens (tertiary/aromatic N) is 4. The molecule has 0 spiro atoms. The van der Waals surface area contributed by atoms with Gasteiger partial charge in [-0.3, -0.25) is 4.90 Å². The fourth-order valence-electron chi connectivity index (χ4n) is 5.29. The van der Waals surface area contributed by atoms with E-state index in [-0.39, 0.29) is 0 Å². The molecule has 4 heterocycles. The second-order valence-electron chi connectivity index (χ2n) is 8.87. The van der Waals surface area contributed by atoms with E-state index in [1.807, 2.05) is 13.2 Å². The molecule has 5 heteroatoms. The van der Waals surface area contributed by atoms with Crippen LogP contribution in [0.5, 0.6) is 0 Å². The van der Waals surface area contributed by atoms with E-state index in [1.54, 1.807) is 5.56 Å². The molecule has 1 aromatic carbocycles. The monoisotopic (exact) mass is 403 g/mol. The molecular weight excluding hydrogens is 370 g/mol. The van der Waals surface area contributed by atoms with E-state index in [1.165, 1.54) is 46.3 Å². The van der Waals surface area contributed by atoms with Gasteiger partial charge in [-0.2, -0.15) is 0 Å². The highest BCUT2D eigenvalue weighted by molar-refractivity contribution is 5.91. The van der Waals surface area contributed by atoms with Crippen molar-refractivity contribution in [1.82, 2.24) is 14.5 Å². The summed E-state index contributed by atoms with van der Waals surface area (Å²) in [5.41, 5.74) is 8.55. The summed E-state index contributed by atoms with van der Waals surface area (Å²) >= 11 is 0. The number of nitrogens with one attached hydrogen (secondary N) is 1. The lowest BCUT2D eigenvalue weighted by Crippen LogP contribution is -2.47. The second kappa shape index (κ2) is 7.95. The minimum atomic E-state index is 1.06. The number of aromatic nitrogens is 2. The molecule has 0 amide bonds.